The zero-order valence-corrected chi connectivity index (χ0v) is 16.5. The fourth-order valence-electron chi connectivity index (χ4n) is 2.41. The van der Waals surface area contributed by atoms with E-state index in [1.54, 1.807) is 24.3 Å². The van der Waals surface area contributed by atoms with Crippen LogP contribution in [0.4, 0.5) is 5.69 Å². The highest BCUT2D eigenvalue weighted by atomic mass is 127. The van der Waals surface area contributed by atoms with Crippen LogP contribution < -0.4 is 5.32 Å². The number of hydrogen-bond donors (Lipinski definition) is 2. The second kappa shape index (κ2) is 8.33. The molecule has 2 N–H and O–H groups in total. The summed E-state index contributed by atoms with van der Waals surface area (Å²) in [5.74, 6) is -0.444. The maximum absolute atomic E-state index is 12.5. The summed E-state index contributed by atoms with van der Waals surface area (Å²) in [6.45, 7) is 4.19. The Labute approximate surface area is 160 Å². The van der Waals surface area contributed by atoms with E-state index in [-0.39, 0.29) is 11.3 Å². The third-order valence-corrected chi connectivity index (χ3v) is 4.48. The van der Waals surface area contributed by atoms with Gasteiger partial charge >= 0.3 is 5.97 Å². The van der Waals surface area contributed by atoms with Crippen molar-refractivity contribution >= 4 is 40.2 Å². The van der Waals surface area contributed by atoms with Gasteiger partial charge in [0.05, 0.1) is 23.9 Å². The molecule has 0 spiro atoms. The molecule has 0 aliphatic heterocycles. The van der Waals surface area contributed by atoms with Gasteiger partial charge in [-0.15, -0.1) is 0 Å². The van der Waals surface area contributed by atoms with Crippen molar-refractivity contribution in [3.8, 4) is 5.75 Å². The maximum atomic E-state index is 12.5. The van der Waals surface area contributed by atoms with Crippen LogP contribution in [-0.4, -0.2) is 24.1 Å². The number of carbonyl (C=O) groups excluding carboxylic acids is 2. The Hall–Kier alpha value is -2.09. The number of halogens is 1. The first-order valence-electron chi connectivity index (χ1n) is 7.83. The van der Waals surface area contributed by atoms with Gasteiger partial charge in [-0.2, -0.15) is 0 Å². The van der Waals surface area contributed by atoms with Gasteiger partial charge in [-0.25, -0.2) is 4.79 Å². The van der Waals surface area contributed by atoms with Gasteiger partial charge in [-0.05, 0) is 70.8 Å². The number of benzene rings is 2. The van der Waals surface area contributed by atoms with Crippen molar-refractivity contribution in [3.63, 3.8) is 0 Å². The van der Waals surface area contributed by atoms with E-state index in [1.165, 1.54) is 13.2 Å². The molecule has 0 saturated heterocycles. The van der Waals surface area contributed by atoms with Crippen LogP contribution in [0, 0.1) is 9.49 Å². The molecule has 0 heterocycles. The lowest BCUT2D eigenvalue weighted by atomic mass is 10.00. The van der Waals surface area contributed by atoms with Crippen LogP contribution in [0.1, 0.15) is 40.1 Å². The number of amides is 1. The number of phenols is 1. The monoisotopic (exact) mass is 453 g/mol. The highest BCUT2D eigenvalue weighted by Crippen LogP contribution is 2.24. The summed E-state index contributed by atoms with van der Waals surface area (Å²) >= 11 is 2.03. The Morgan fingerprint density at radius 3 is 2.52 bits per heavy atom. The highest BCUT2D eigenvalue weighted by Gasteiger charge is 2.15. The van der Waals surface area contributed by atoms with Crippen molar-refractivity contribution in [1.29, 1.82) is 0 Å². The molecule has 0 bridgehead atoms. The summed E-state index contributed by atoms with van der Waals surface area (Å²) < 4.78 is 5.38. The van der Waals surface area contributed by atoms with Gasteiger partial charge in [0.2, 0.25) is 0 Å². The van der Waals surface area contributed by atoms with E-state index in [0.29, 0.717) is 20.7 Å². The number of esters is 1. The second-order valence-corrected chi connectivity index (χ2v) is 7.25. The largest absolute Gasteiger partial charge is 0.507 e. The van der Waals surface area contributed by atoms with Crippen molar-refractivity contribution in [1.82, 2.24) is 0 Å². The van der Waals surface area contributed by atoms with Gasteiger partial charge in [0.15, 0.2) is 0 Å². The lowest BCUT2D eigenvalue weighted by Crippen LogP contribution is -2.14. The van der Waals surface area contributed by atoms with Crippen LogP contribution in [-0.2, 0) is 11.2 Å². The zero-order valence-electron chi connectivity index (χ0n) is 14.3. The Kier molecular flexibility index (Phi) is 6.41. The van der Waals surface area contributed by atoms with Crippen LogP contribution in [0.2, 0.25) is 0 Å². The van der Waals surface area contributed by atoms with Crippen molar-refractivity contribution in [2.24, 2.45) is 5.92 Å². The normalized spacial score (nSPS) is 10.6. The molecular weight excluding hydrogens is 433 g/mol. The summed E-state index contributed by atoms with van der Waals surface area (Å²) in [5.41, 5.74) is 2.19. The van der Waals surface area contributed by atoms with Gasteiger partial charge in [0.25, 0.3) is 5.91 Å². The predicted octanol–water partition coefficient (Wildman–Crippen LogP) is 4.23. The Morgan fingerprint density at radius 1 is 1.20 bits per heavy atom. The van der Waals surface area contributed by atoms with E-state index in [9.17, 15) is 14.7 Å². The van der Waals surface area contributed by atoms with E-state index in [1.807, 2.05) is 28.7 Å². The maximum Gasteiger partial charge on any atom is 0.337 e. The fourth-order valence-corrected chi connectivity index (χ4v) is 3.06. The van der Waals surface area contributed by atoms with Gasteiger partial charge in [0, 0.05) is 3.57 Å². The Bertz CT molecular complexity index is 802. The van der Waals surface area contributed by atoms with Crippen LogP contribution in [0.15, 0.2) is 36.4 Å². The number of nitrogens with one attached hydrogen (secondary N) is 1. The van der Waals surface area contributed by atoms with Gasteiger partial charge in [0.1, 0.15) is 5.75 Å². The molecule has 132 valence electrons. The third-order valence-electron chi connectivity index (χ3n) is 3.59. The SMILES string of the molecule is COC(=O)c1ccc(NC(=O)c2cc(CC(C)C)ccc2O)c(I)c1. The first-order valence-corrected chi connectivity index (χ1v) is 8.90. The van der Waals surface area contributed by atoms with Crippen molar-refractivity contribution in [3.05, 3.63) is 56.7 Å². The third kappa shape index (κ3) is 4.94. The molecule has 0 aliphatic carbocycles. The summed E-state index contributed by atoms with van der Waals surface area (Å²) in [7, 11) is 1.32. The average Bonchev–Trinajstić information content (AvgIpc) is 2.57. The zero-order chi connectivity index (χ0) is 18.6. The fraction of sp³-hybridized carbons (Fsp3) is 0.263. The lowest BCUT2D eigenvalue weighted by Gasteiger charge is -2.12. The molecule has 0 aromatic heterocycles. The number of methoxy groups -OCH3 is 1. The van der Waals surface area contributed by atoms with E-state index < -0.39 is 11.9 Å². The number of carbonyl (C=O) groups is 2. The number of phenolic OH excluding ortho intramolecular Hbond substituents is 1. The molecular formula is C19H20INO4. The Morgan fingerprint density at radius 2 is 1.92 bits per heavy atom. The smallest absolute Gasteiger partial charge is 0.337 e. The number of rotatable bonds is 5. The second-order valence-electron chi connectivity index (χ2n) is 6.09. The molecule has 2 rings (SSSR count). The van der Waals surface area contributed by atoms with Gasteiger partial charge in [-0.1, -0.05) is 19.9 Å². The van der Waals surface area contributed by atoms with Crippen LogP contribution in [0.5, 0.6) is 5.75 Å². The van der Waals surface area contributed by atoms with E-state index >= 15 is 0 Å². The topological polar surface area (TPSA) is 75.6 Å². The summed E-state index contributed by atoms with van der Waals surface area (Å²) in [6.07, 6.45) is 0.825. The molecule has 25 heavy (non-hydrogen) atoms. The Balaban J connectivity index is 2.23. The van der Waals surface area contributed by atoms with Crippen molar-refractivity contribution in [2.45, 2.75) is 20.3 Å². The number of anilines is 1. The predicted molar refractivity (Wildman–Crippen MR) is 105 cm³/mol. The van der Waals surface area contributed by atoms with Crippen molar-refractivity contribution < 1.29 is 19.4 Å². The summed E-state index contributed by atoms with van der Waals surface area (Å²) in [4.78, 5) is 24.1. The summed E-state index contributed by atoms with van der Waals surface area (Å²) in [5, 5.41) is 12.8. The average molecular weight is 453 g/mol. The molecule has 2 aromatic rings. The van der Waals surface area contributed by atoms with Gasteiger partial charge < -0.3 is 15.2 Å². The lowest BCUT2D eigenvalue weighted by molar-refractivity contribution is 0.0600. The van der Waals surface area contributed by atoms with Crippen LogP contribution in [0.3, 0.4) is 0 Å². The summed E-state index contributed by atoms with van der Waals surface area (Å²) in [6, 6.07) is 9.93. The standard InChI is InChI=1S/C19H20INO4/c1-11(2)8-12-4-7-17(22)14(9-12)18(23)21-16-6-5-13(10-15(16)20)19(24)25-3/h4-7,9-11,22H,8H2,1-3H3,(H,21,23). The first kappa shape index (κ1) is 19.2. The van der Waals surface area contributed by atoms with E-state index in [2.05, 4.69) is 23.9 Å². The molecule has 2 aromatic carbocycles. The molecule has 5 nitrogen and oxygen atoms in total. The molecule has 0 radical (unpaired) electrons. The minimum Gasteiger partial charge on any atom is -0.507 e. The van der Waals surface area contributed by atoms with E-state index in [0.717, 1.165) is 12.0 Å². The first-order chi connectivity index (χ1) is 11.8. The number of ether oxygens (including phenoxy) is 1. The minimum atomic E-state index is -0.435. The van der Waals surface area contributed by atoms with Crippen molar-refractivity contribution in [2.75, 3.05) is 12.4 Å². The number of aromatic hydroxyl groups is 1. The molecule has 6 heteroatoms. The molecule has 0 fully saturated rings. The minimum absolute atomic E-state index is 0.0637. The quantitative estimate of drug-likeness (QED) is 0.525. The molecule has 0 unspecified atom stereocenters. The number of hydrogen-bond acceptors (Lipinski definition) is 4. The molecule has 0 aliphatic rings. The highest BCUT2D eigenvalue weighted by molar-refractivity contribution is 14.1. The van der Waals surface area contributed by atoms with Crippen LogP contribution >= 0.6 is 22.6 Å². The molecule has 0 atom stereocenters. The molecule has 0 saturated carbocycles. The van der Waals surface area contributed by atoms with E-state index in [4.69, 9.17) is 0 Å². The van der Waals surface area contributed by atoms with Gasteiger partial charge in [-0.3, -0.25) is 4.79 Å². The van der Waals surface area contributed by atoms with Crippen LogP contribution in [0.25, 0.3) is 0 Å². The molecule has 1 amide bonds.